The maximum absolute atomic E-state index is 13.3. The SMILES string of the molecule is CCc1[nH]c2nc(Sc3ccc4ccc(C(=O)O)nc4c3)nc(N3CC(CNC(=O)c4cn(C)nc4C(F)(F)F)C3)c2c1Cl. The second kappa shape index (κ2) is 11.3. The van der Waals surface area contributed by atoms with E-state index in [1.165, 1.54) is 24.9 Å². The number of benzene rings is 1. The molecule has 0 aliphatic carbocycles. The Bertz CT molecular complexity index is 1940. The fraction of sp³-hybridized carbons (Fsp3) is 0.286. The minimum absolute atomic E-state index is 0.0376. The predicted molar refractivity (Wildman–Crippen MR) is 157 cm³/mol. The Hall–Kier alpha value is -4.37. The van der Waals surface area contributed by atoms with Crippen molar-refractivity contribution in [2.75, 3.05) is 24.5 Å². The number of rotatable bonds is 8. The second-order valence-corrected chi connectivity index (χ2v) is 11.7. The summed E-state index contributed by atoms with van der Waals surface area (Å²) in [5, 5.41) is 17.7. The molecule has 0 spiro atoms. The molecule has 1 aliphatic heterocycles. The number of aromatic carboxylic acids is 1. The van der Waals surface area contributed by atoms with E-state index < -0.39 is 29.3 Å². The van der Waals surface area contributed by atoms with E-state index in [2.05, 4.69) is 25.4 Å². The lowest BCUT2D eigenvalue weighted by Crippen LogP contribution is -2.52. The minimum atomic E-state index is -4.74. The van der Waals surface area contributed by atoms with Crippen LogP contribution in [0.15, 0.2) is 46.6 Å². The number of alkyl halides is 3. The number of nitrogens with one attached hydrogen (secondary N) is 2. The molecule has 1 aromatic carbocycles. The number of anilines is 1. The standard InChI is InChI=1S/C28H24ClF3N8O3S/c1-3-17-21(29)20-23(35-17)36-27(44-15-6-4-14-5-7-18(26(42)43)34-19(14)8-15)37-24(20)40-10-13(11-40)9-33-25(41)16-12-39(2)38-22(16)28(30,31)32/h4-8,12-13H,3,9-11H2,1-2H3,(H,33,41)(H,42,43)(H,35,36,37). The summed E-state index contributed by atoms with van der Waals surface area (Å²) in [6.45, 7) is 3.09. The third kappa shape index (κ3) is 5.64. The van der Waals surface area contributed by atoms with E-state index >= 15 is 0 Å². The Morgan fingerprint density at radius 1 is 1.18 bits per heavy atom. The Morgan fingerprint density at radius 2 is 1.93 bits per heavy atom. The molecule has 1 saturated heterocycles. The first-order chi connectivity index (χ1) is 20.9. The first-order valence-corrected chi connectivity index (χ1v) is 14.6. The Morgan fingerprint density at radius 3 is 2.64 bits per heavy atom. The van der Waals surface area contributed by atoms with Gasteiger partial charge in [0, 0.05) is 54.8 Å². The molecule has 5 heterocycles. The van der Waals surface area contributed by atoms with Gasteiger partial charge in [0.05, 0.1) is 21.5 Å². The lowest BCUT2D eigenvalue weighted by atomic mass is 9.99. The molecular weight excluding hydrogens is 621 g/mol. The molecule has 228 valence electrons. The van der Waals surface area contributed by atoms with Gasteiger partial charge in [0.1, 0.15) is 17.2 Å². The van der Waals surface area contributed by atoms with Crippen LogP contribution in [0.5, 0.6) is 0 Å². The zero-order valence-corrected chi connectivity index (χ0v) is 24.8. The highest BCUT2D eigenvalue weighted by molar-refractivity contribution is 7.99. The maximum atomic E-state index is 13.3. The van der Waals surface area contributed by atoms with Gasteiger partial charge in [0.25, 0.3) is 5.91 Å². The van der Waals surface area contributed by atoms with E-state index in [9.17, 15) is 27.9 Å². The van der Waals surface area contributed by atoms with Gasteiger partial charge in [-0.3, -0.25) is 9.48 Å². The van der Waals surface area contributed by atoms with Crippen LogP contribution >= 0.6 is 23.4 Å². The summed E-state index contributed by atoms with van der Waals surface area (Å²) in [6, 6.07) is 8.63. The monoisotopic (exact) mass is 644 g/mol. The van der Waals surface area contributed by atoms with Gasteiger partial charge in [-0.15, -0.1) is 0 Å². The fourth-order valence-electron chi connectivity index (χ4n) is 5.04. The average Bonchev–Trinajstić information content (AvgIpc) is 3.51. The molecule has 0 bridgehead atoms. The molecule has 44 heavy (non-hydrogen) atoms. The normalized spacial score (nSPS) is 13.9. The summed E-state index contributed by atoms with van der Waals surface area (Å²) in [6.07, 6.45) is -3.05. The average molecular weight is 645 g/mol. The second-order valence-electron chi connectivity index (χ2n) is 10.3. The van der Waals surface area contributed by atoms with Crippen molar-refractivity contribution >= 4 is 63.0 Å². The molecule has 6 rings (SSSR count). The first-order valence-electron chi connectivity index (χ1n) is 13.4. The van der Waals surface area contributed by atoms with Crippen molar-refractivity contribution in [2.24, 2.45) is 13.0 Å². The van der Waals surface area contributed by atoms with Gasteiger partial charge < -0.3 is 20.3 Å². The molecule has 1 fully saturated rings. The number of nitrogens with zero attached hydrogens (tertiary/aromatic N) is 6. The summed E-state index contributed by atoms with van der Waals surface area (Å²) < 4.78 is 40.8. The van der Waals surface area contributed by atoms with Crippen LogP contribution in [0.1, 0.15) is 39.2 Å². The van der Waals surface area contributed by atoms with E-state index in [1.807, 2.05) is 24.0 Å². The van der Waals surface area contributed by atoms with Gasteiger partial charge in [-0.1, -0.05) is 30.7 Å². The van der Waals surface area contributed by atoms with Crippen molar-refractivity contribution in [3.63, 3.8) is 0 Å². The number of aromatic nitrogens is 6. The van der Waals surface area contributed by atoms with Crippen molar-refractivity contribution in [1.29, 1.82) is 0 Å². The molecule has 11 nitrogen and oxygen atoms in total. The maximum Gasteiger partial charge on any atom is 0.435 e. The van der Waals surface area contributed by atoms with Crippen LogP contribution in [-0.4, -0.2) is 66.3 Å². The van der Waals surface area contributed by atoms with E-state index in [0.717, 1.165) is 26.9 Å². The lowest BCUT2D eigenvalue weighted by molar-refractivity contribution is -0.141. The Balaban J connectivity index is 1.21. The molecule has 3 N–H and O–H groups in total. The summed E-state index contributed by atoms with van der Waals surface area (Å²) in [5.74, 6) is -1.40. The van der Waals surface area contributed by atoms with Gasteiger partial charge in [0.2, 0.25) is 0 Å². The van der Waals surface area contributed by atoms with Gasteiger partial charge in [0.15, 0.2) is 10.9 Å². The molecule has 0 saturated carbocycles. The molecule has 1 aliphatic rings. The number of carbonyl (C=O) groups excluding carboxylic acids is 1. The minimum Gasteiger partial charge on any atom is -0.477 e. The molecule has 16 heteroatoms. The van der Waals surface area contributed by atoms with E-state index in [-0.39, 0.29) is 18.2 Å². The van der Waals surface area contributed by atoms with Crippen molar-refractivity contribution in [3.8, 4) is 0 Å². The number of hydrogen-bond acceptors (Lipinski definition) is 8. The highest BCUT2D eigenvalue weighted by Gasteiger charge is 2.39. The number of carbonyl (C=O) groups is 2. The van der Waals surface area contributed by atoms with E-state index in [1.54, 1.807) is 12.1 Å². The van der Waals surface area contributed by atoms with Gasteiger partial charge in [-0.25, -0.2) is 19.7 Å². The molecule has 0 radical (unpaired) electrons. The third-order valence-corrected chi connectivity index (χ3v) is 8.49. The number of amides is 1. The largest absolute Gasteiger partial charge is 0.477 e. The quantitative estimate of drug-likeness (QED) is 0.195. The summed E-state index contributed by atoms with van der Waals surface area (Å²) in [4.78, 5) is 43.7. The molecular formula is C28H24ClF3N8O3S. The van der Waals surface area contributed by atoms with Crippen LogP contribution in [-0.2, 0) is 19.6 Å². The number of carboxylic acids is 1. The lowest BCUT2D eigenvalue weighted by Gasteiger charge is -2.40. The van der Waals surface area contributed by atoms with Crippen LogP contribution in [0.4, 0.5) is 19.0 Å². The number of fused-ring (bicyclic) bond motifs is 2. The predicted octanol–water partition coefficient (Wildman–Crippen LogP) is 5.19. The zero-order valence-electron chi connectivity index (χ0n) is 23.2. The Labute approximate surface area is 256 Å². The van der Waals surface area contributed by atoms with Crippen molar-refractivity contribution in [3.05, 3.63) is 64.2 Å². The van der Waals surface area contributed by atoms with Crippen LogP contribution in [0, 0.1) is 5.92 Å². The zero-order chi connectivity index (χ0) is 31.3. The number of H-pyrrole nitrogens is 1. The molecule has 0 atom stereocenters. The number of hydrogen-bond donors (Lipinski definition) is 3. The van der Waals surface area contributed by atoms with E-state index in [4.69, 9.17) is 16.6 Å². The number of pyridine rings is 1. The number of aromatic amines is 1. The van der Waals surface area contributed by atoms with E-state index in [0.29, 0.717) is 52.1 Å². The third-order valence-electron chi connectivity index (χ3n) is 7.22. The number of aryl methyl sites for hydroxylation is 2. The summed E-state index contributed by atoms with van der Waals surface area (Å²) in [5.41, 5.74) is 0.0754. The number of halogens is 4. The molecule has 4 aromatic heterocycles. The van der Waals surface area contributed by atoms with Crippen molar-refractivity contribution in [2.45, 2.75) is 29.6 Å². The van der Waals surface area contributed by atoms with Crippen LogP contribution in [0.2, 0.25) is 5.02 Å². The van der Waals surface area contributed by atoms with Gasteiger partial charge in [-0.05, 0) is 36.4 Å². The van der Waals surface area contributed by atoms with Crippen LogP contribution < -0.4 is 10.2 Å². The van der Waals surface area contributed by atoms with Crippen molar-refractivity contribution < 1.29 is 27.9 Å². The fourth-order valence-corrected chi connectivity index (χ4v) is 6.18. The van der Waals surface area contributed by atoms with Crippen LogP contribution in [0.25, 0.3) is 21.9 Å². The molecule has 5 aromatic rings. The highest BCUT2D eigenvalue weighted by atomic mass is 35.5. The summed E-state index contributed by atoms with van der Waals surface area (Å²) >= 11 is 7.99. The first kappa shape index (κ1) is 29.7. The molecule has 0 unspecified atom stereocenters. The van der Waals surface area contributed by atoms with Crippen molar-refractivity contribution in [1.82, 2.24) is 35.0 Å². The molecule has 1 amide bonds. The Kier molecular flexibility index (Phi) is 7.61. The van der Waals surface area contributed by atoms with Gasteiger partial charge in [-0.2, -0.15) is 18.3 Å². The van der Waals surface area contributed by atoms with Gasteiger partial charge >= 0.3 is 12.1 Å². The highest BCUT2D eigenvalue weighted by Crippen LogP contribution is 2.39. The topological polar surface area (TPSA) is 142 Å². The summed E-state index contributed by atoms with van der Waals surface area (Å²) in [7, 11) is 1.33. The van der Waals surface area contributed by atoms with Crippen LogP contribution in [0.3, 0.4) is 0 Å². The number of carboxylic acid groups (broad SMARTS) is 1. The smallest absolute Gasteiger partial charge is 0.435 e.